The molecule has 1 unspecified atom stereocenters. The minimum absolute atomic E-state index is 0.433. The van der Waals surface area contributed by atoms with Crippen LogP contribution in [0.2, 0.25) is 10.0 Å². The van der Waals surface area contributed by atoms with Gasteiger partial charge in [0.05, 0.1) is 10.0 Å². The molecule has 3 heteroatoms. The van der Waals surface area contributed by atoms with Gasteiger partial charge in [-0.05, 0) is 47.6 Å². The standard InChI is InChI=1S/C19H23Cl2N/c1-13(2)10-15-4-6-16(7-5-15)14(3)12-22-17-8-9-18(20)19(21)11-17/h4-9,11,13-14,22H,10,12H2,1-3H3. The maximum Gasteiger partial charge on any atom is 0.0612 e. The van der Waals surface area contributed by atoms with Crippen molar-refractivity contribution >= 4 is 28.9 Å². The highest BCUT2D eigenvalue weighted by Crippen LogP contribution is 2.26. The van der Waals surface area contributed by atoms with E-state index in [0.29, 0.717) is 21.9 Å². The van der Waals surface area contributed by atoms with Crippen molar-refractivity contribution in [2.24, 2.45) is 5.92 Å². The lowest BCUT2D eigenvalue weighted by atomic mass is 9.97. The molecular formula is C19H23Cl2N. The summed E-state index contributed by atoms with van der Waals surface area (Å²) in [6, 6.07) is 14.6. The van der Waals surface area contributed by atoms with Gasteiger partial charge in [-0.2, -0.15) is 0 Å². The summed E-state index contributed by atoms with van der Waals surface area (Å²) < 4.78 is 0. The zero-order chi connectivity index (χ0) is 16.1. The van der Waals surface area contributed by atoms with E-state index < -0.39 is 0 Å². The molecule has 0 saturated carbocycles. The average molecular weight is 336 g/mol. The van der Waals surface area contributed by atoms with Crippen LogP contribution in [0.5, 0.6) is 0 Å². The third-order valence-corrected chi connectivity index (χ3v) is 4.46. The summed E-state index contributed by atoms with van der Waals surface area (Å²) in [5.41, 5.74) is 3.75. The lowest BCUT2D eigenvalue weighted by Crippen LogP contribution is -2.10. The number of nitrogens with one attached hydrogen (secondary N) is 1. The Morgan fingerprint density at radius 3 is 2.18 bits per heavy atom. The second-order valence-electron chi connectivity index (χ2n) is 6.25. The lowest BCUT2D eigenvalue weighted by Gasteiger charge is -2.15. The molecule has 1 nitrogen and oxygen atoms in total. The van der Waals surface area contributed by atoms with E-state index >= 15 is 0 Å². The largest absolute Gasteiger partial charge is 0.384 e. The minimum atomic E-state index is 0.433. The first-order valence-electron chi connectivity index (χ1n) is 7.73. The summed E-state index contributed by atoms with van der Waals surface area (Å²) in [5.74, 6) is 1.13. The van der Waals surface area contributed by atoms with Gasteiger partial charge in [-0.1, -0.05) is 68.2 Å². The first-order valence-corrected chi connectivity index (χ1v) is 8.49. The van der Waals surface area contributed by atoms with Crippen LogP contribution in [-0.2, 0) is 6.42 Å². The second kappa shape index (κ2) is 7.89. The molecule has 118 valence electrons. The van der Waals surface area contributed by atoms with Crippen LogP contribution in [0.1, 0.15) is 37.8 Å². The minimum Gasteiger partial charge on any atom is -0.384 e. The van der Waals surface area contributed by atoms with Crippen LogP contribution in [0.15, 0.2) is 42.5 Å². The van der Waals surface area contributed by atoms with Crippen LogP contribution in [-0.4, -0.2) is 6.54 Å². The third kappa shape index (κ3) is 4.93. The summed E-state index contributed by atoms with van der Waals surface area (Å²) >= 11 is 12.0. The van der Waals surface area contributed by atoms with Crippen LogP contribution < -0.4 is 5.32 Å². The highest BCUT2D eigenvalue weighted by molar-refractivity contribution is 6.42. The van der Waals surface area contributed by atoms with Gasteiger partial charge < -0.3 is 5.32 Å². The van der Waals surface area contributed by atoms with Crippen LogP contribution >= 0.6 is 23.2 Å². The molecule has 2 aromatic carbocycles. The molecular weight excluding hydrogens is 313 g/mol. The Bertz CT molecular complexity index is 605. The van der Waals surface area contributed by atoms with Gasteiger partial charge in [0, 0.05) is 12.2 Å². The fourth-order valence-electron chi connectivity index (χ4n) is 2.45. The van der Waals surface area contributed by atoms with Crippen molar-refractivity contribution in [2.75, 3.05) is 11.9 Å². The summed E-state index contributed by atoms with van der Waals surface area (Å²) in [6.45, 7) is 7.58. The second-order valence-corrected chi connectivity index (χ2v) is 7.06. The van der Waals surface area contributed by atoms with Crippen molar-refractivity contribution in [3.05, 3.63) is 63.6 Å². The molecule has 0 heterocycles. The van der Waals surface area contributed by atoms with Crippen LogP contribution in [0.25, 0.3) is 0 Å². The molecule has 0 amide bonds. The quantitative estimate of drug-likeness (QED) is 0.643. The Morgan fingerprint density at radius 2 is 1.59 bits per heavy atom. The van der Waals surface area contributed by atoms with E-state index in [9.17, 15) is 0 Å². The third-order valence-electron chi connectivity index (χ3n) is 3.72. The Morgan fingerprint density at radius 1 is 0.909 bits per heavy atom. The molecule has 1 atom stereocenters. The first-order chi connectivity index (χ1) is 10.5. The lowest BCUT2D eigenvalue weighted by molar-refractivity contribution is 0.647. The van der Waals surface area contributed by atoms with Crippen LogP contribution in [0.4, 0.5) is 5.69 Å². The van der Waals surface area contributed by atoms with Gasteiger partial charge in [-0.15, -0.1) is 0 Å². The number of halogens is 2. The van der Waals surface area contributed by atoms with Crippen molar-refractivity contribution < 1.29 is 0 Å². The summed E-state index contributed by atoms with van der Waals surface area (Å²) in [6.07, 6.45) is 1.14. The van der Waals surface area contributed by atoms with E-state index in [0.717, 1.165) is 18.7 Å². The Hall–Kier alpha value is -1.18. The SMILES string of the molecule is CC(C)Cc1ccc(C(C)CNc2ccc(Cl)c(Cl)c2)cc1. The van der Waals surface area contributed by atoms with Crippen LogP contribution in [0.3, 0.4) is 0 Å². The first kappa shape index (κ1) is 17.2. The van der Waals surface area contributed by atoms with E-state index in [4.69, 9.17) is 23.2 Å². The maximum absolute atomic E-state index is 6.03. The van der Waals surface area contributed by atoms with E-state index in [2.05, 4.69) is 50.4 Å². The van der Waals surface area contributed by atoms with Crippen molar-refractivity contribution in [2.45, 2.75) is 33.1 Å². The number of hydrogen-bond donors (Lipinski definition) is 1. The number of anilines is 1. The van der Waals surface area contributed by atoms with E-state index in [1.807, 2.05) is 18.2 Å². The number of benzene rings is 2. The van der Waals surface area contributed by atoms with E-state index in [1.165, 1.54) is 11.1 Å². The molecule has 0 radical (unpaired) electrons. The molecule has 0 aliphatic rings. The molecule has 0 saturated heterocycles. The molecule has 0 bridgehead atoms. The monoisotopic (exact) mass is 335 g/mol. The van der Waals surface area contributed by atoms with Crippen molar-refractivity contribution in [3.8, 4) is 0 Å². The molecule has 0 fully saturated rings. The summed E-state index contributed by atoms with van der Waals surface area (Å²) in [7, 11) is 0. The van der Waals surface area contributed by atoms with E-state index in [-0.39, 0.29) is 0 Å². The summed E-state index contributed by atoms with van der Waals surface area (Å²) in [5, 5.41) is 4.58. The molecule has 0 aromatic heterocycles. The van der Waals surface area contributed by atoms with Gasteiger partial charge in [-0.3, -0.25) is 0 Å². The fraction of sp³-hybridized carbons (Fsp3) is 0.368. The molecule has 2 aromatic rings. The Balaban J connectivity index is 1.93. The summed E-state index contributed by atoms with van der Waals surface area (Å²) in [4.78, 5) is 0. The van der Waals surface area contributed by atoms with Crippen molar-refractivity contribution in [1.29, 1.82) is 0 Å². The predicted octanol–water partition coefficient (Wildman–Crippen LogP) is 6.41. The van der Waals surface area contributed by atoms with Crippen molar-refractivity contribution in [1.82, 2.24) is 0 Å². The van der Waals surface area contributed by atoms with Gasteiger partial charge in [0.15, 0.2) is 0 Å². The normalized spacial score (nSPS) is 12.5. The molecule has 0 aliphatic carbocycles. The van der Waals surface area contributed by atoms with Gasteiger partial charge in [0.2, 0.25) is 0 Å². The fourth-order valence-corrected chi connectivity index (χ4v) is 2.75. The predicted molar refractivity (Wildman–Crippen MR) is 98.4 cm³/mol. The Labute approximate surface area is 143 Å². The highest BCUT2D eigenvalue weighted by Gasteiger charge is 2.07. The topological polar surface area (TPSA) is 12.0 Å². The number of rotatable bonds is 6. The van der Waals surface area contributed by atoms with Crippen LogP contribution in [0, 0.1) is 5.92 Å². The van der Waals surface area contributed by atoms with Gasteiger partial charge in [0.1, 0.15) is 0 Å². The molecule has 0 aliphatic heterocycles. The van der Waals surface area contributed by atoms with Crippen molar-refractivity contribution in [3.63, 3.8) is 0 Å². The smallest absolute Gasteiger partial charge is 0.0612 e. The van der Waals surface area contributed by atoms with E-state index in [1.54, 1.807) is 0 Å². The zero-order valence-electron chi connectivity index (χ0n) is 13.4. The molecule has 22 heavy (non-hydrogen) atoms. The zero-order valence-corrected chi connectivity index (χ0v) is 14.9. The van der Waals surface area contributed by atoms with Gasteiger partial charge in [0.25, 0.3) is 0 Å². The van der Waals surface area contributed by atoms with Gasteiger partial charge >= 0.3 is 0 Å². The highest BCUT2D eigenvalue weighted by atomic mass is 35.5. The molecule has 1 N–H and O–H groups in total. The Kier molecular flexibility index (Phi) is 6.16. The average Bonchev–Trinajstić information content (AvgIpc) is 2.48. The molecule has 2 rings (SSSR count). The molecule has 0 spiro atoms. The van der Waals surface area contributed by atoms with Gasteiger partial charge in [-0.25, -0.2) is 0 Å². The maximum atomic E-state index is 6.03. The number of hydrogen-bond acceptors (Lipinski definition) is 1.